The molecule has 26 heavy (non-hydrogen) atoms. The van der Waals surface area contributed by atoms with Crippen LogP contribution in [0.5, 0.6) is 0 Å². The molecule has 2 heterocycles. The molecule has 5 nitrogen and oxygen atoms in total. The second kappa shape index (κ2) is 7.00. The Morgan fingerprint density at radius 3 is 2.46 bits per heavy atom. The molecule has 1 saturated heterocycles. The maximum absolute atomic E-state index is 13.4. The van der Waals surface area contributed by atoms with E-state index in [0.717, 1.165) is 11.3 Å². The molecule has 1 amide bonds. The molecular weight excluding hydrogens is 333 g/mol. The predicted octanol–water partition coefficient (Wildman–Crippen LogP) is 3.44. The van der Waals surface area contributed by atoms with Gasteiger partial charge in [0, 0.05) is 43.5 Å². The number of halogens is 1. The average Bonchev–Trinajstić information content (AvgIpc) is 3.18. The lowest BCUT2D eigenvalue weighted by molar-refractivity contribution is 0.0736. The first-order chi connectivity index (χ1) is 12.7. The van der Waals surface area contributed by atoms with Crippen molar-refractivity contribution < 1.29 is 13.7 Å². The number of rotatable bonds is 3. The van der Waals surface area contributed by atoms with E-state index in [1.165, 1.54) is 12.1 Å². The van der Waals surface area contributed by atoms with Crippen LogP contribution in [-0.4, -0.2) is 42.1 Å². The van der Waals surface area contributed by atoms with Crippen molar-refractivity contribution in [3.8, 4) is 11.3 Å². The number of nitrogens with zero attached hydrogens (tertiary/aromatic N) is 3. The van der Waals surface area contributed by atoms with Gasteiger partial charge in [0.15, 0.2) is 11.5 Å². The minimum atomic E-state index is -0.253. The number of hydrogen-bond donors (Lipinski definition) is 0. The monoisotopic (exact) mass is 351 g/mol. The first kappa shape index (κ1) is 16.3. The van der Waals surface area contributed by atoms with Crippen molar-refractivity contribution in [1.82, 2.24) is 10.1 Å². The van der Waals surface area contributed by atoms with Crippen LogP contribution >= 0.6 is 0 Å². The summed E-state index contributed by atoms with van der Waals surface area (Å²) in [6, 6.07) is 17.8. The average molecular weight is 351 g/mol. The quantitative estimate of drug-likeness (QED) is 0.725. The van der Waals surface area contributed by atoms with Gasteiger partial charge in [-0.15, -0.1) is 0 Å². The molecular formula is C20H18FN3O2. The van der Waals surface area contributed by atoms with Crippen LogP contribution in [-0.2, 0) is 0 Å². The second-order valence-corrected chi connectivity index (χ2v) is 6.20. The van der Waals surface area contributed by atoms with E-state index < -0.39 is 0 Å². The van der Waals surface area contributed by atoms with Crippen LogP contribution in [0.3, 0.4) is 0 Å². The van der Waals surface area contributed by atoms with Crippen molar-refractivity contribution in [3.05, 3.63) is 72.2 Å². The number of carbonyl (C=O) groups excluding carboxylic acids is 1. The number of piperazine rings is 1. The first-order valence-corrected chi connectivity index (χ1v) is 8.52. The molecule has 132 valence electrons. The molecule has 0 bridgehead atoms. The summed E-state index contributed by atoms with van der Waals surface area (Å²) in [6.45, 7) is 2.42. The SMILES string of the molecule is O=C(c1cc(-c2ccccc2)on1)N1CCN(c2cccc(F)c2)CC1. The lowest BCUT2D eigenvalue weighted by atomic mass is 10.1. The fourth-order valence-corrected chi connectivity index (χ4v) is 3.12. The molecule has 0 spiro atoms. The third-order valence-corrected chi connectivity index (χ3v) is 4.53. The van der Waals surface area contributed by atoms with Crippen molar-refractivity contribution >= 4 is 11.6 Å². The molecule has 2 aromatic carbocycles. The summed E-state index contributed by atoms with van der Waals surface area (Å²) in [7, 11) is 0. The van der Waals surface area contributed by atoms with Crippen LogP contribution in [0.1, 0.15) is 10.5 Å². The largest absolute Gasteiger partial charge is 0.368 e. The van der Waals surface area contributed by atoms with Gasteiger partial charge in [-0.05, 0) is 18.2 Å². The van der Waals surface area contributed by atoms with Gasteiger partial charge in [0.25, 0.3) is 5.91 Å². The third-order valence-electron chi connectivity index (χ3n) is 4.53. The molecule has 0 radical (unpaired) electrons. The fourth-order valence-electron chi connectivity index (χ4n) is 3.12. The molecule has 0 unspecified atom stereocenters. The van der Waals surface area contributed by atoms with Crippen molar-refractivity contribution in [2.75, 3.05) is 31.1 Å². The Kier molecular flexibility index (Phi) is 4.39. The van der Waals surface area contributed by atoms with Gasteiger partial charge in [-0.3, -0.25) is 4.79 Å². The number of aromatic nitrogens is 1. The van der Waals surface area contributed by atoms with Crippen molar-refractivity contribution in [1.29, 1.82) is 0 Å². The zero-order valence-electron chi connectivity index (χ0n) is 14.1. The van der Waals surface area contributed by atoms with Gasteiger partial charge in [-0.1, -0.05) is 41.6 Å². The molecule has 1 aromatic heterocycles. The predicted molar refractivity (Wildman–Crippen MR) is 96.5 cm³/mol. The summed E-state index contributed by atoms with van der Waals surface area (Å²) in [4.78, 5) is 16.5. The van der Waals surface area contributed by atoms with Crippen molar-refractivity contribution in [3.63, 3.8) is 0 Å². The number of hydrogen-bond acceptors (Lipinski definition) is 4. The standard InChI is InChI=1S/C20H18FN3O2/c21-16-7-4-8-17(13-16)23-9-11-24(12-10-23)20(25)18-14-19(26-22-18)15-5-2-1-3-6-15/h1-8,13-14H,9-12H2. The lowest BCUT2D eigenvalue weighted by Crippen LogP contribution is -2.48. The third kappa shape index (κ3) is 3.31. The Bertz CT molecular complexity index is 902. The zero-order valence-corrected chi connectivity index (χ0v) is 14.1. The summed E-state index contributed by atoms with van der Waals surface area (Å²) in [5.74, 6) is 0.180. The highest BCUT2D eigenvalue weighted by Gasteiger charge is 2.25. The van der Waals surface area contributed by atoms with Gasteiger partial charge in [0.05, 0.1) is 0 Å². The number of amides is 1. The molecule has 3 aromatic rings. The molecule has 0 aliphatic carbocycles. The highest BCUT2D eigenvalue weighted by Crippen LogP contribution is 2.22. The fraction of sp³-hybridized carbons (Fsp3) is 0.200. The summed E-state index contributed by atoms with van der Waals surface area (Å²) in [5, 5.41) is 3.93. The van der Waals surface area contributed by atoms with Gasteiger partial charge < -0.3 is 14.3 Å². The Morgan fingerprint density at radius 2 is 1.73 bits per heavy atom. The van der Waals surface area contributed by atoms with Crippen LogP contribution in [0.25, 0.3) is 11.3 Å². The van der Waals surface area contributed by atoms with E-state index in [9.17, 15) is 9.18 Å². The minimum Gasteiger partial charge on any atom is -0.368 e. The Hall–Kier alpha value is -3.15. The number of carbonyl (C=O) groups is 1. The molecule has 1 aliphatic heterocycles. The Balaban J connectivity index is 1.42. The van der Waals surface area contributed by atoms with Gasteiger partial charge in [0.1, 0.15) is 5.82 Å². The maximum atomic E-state index is 13.4. The smallest absolute Gasteiger partial charge is 0.276 e. The molecule has 0 N–H and O–H groups in total. The highest BCUT2D eigenvalue weighted by molar-refractivity contribution is 5.93. The van der Waals surface area contributed by atoms with Gasteiger partial charge in [0.2, 0.25) is 0 Å². The number of anilines is 1. The van der Waals surface area contributed by atoms with E-state index in [-0.39, 0.29) is 11.7 Å². The molecule has 1 fully saturated rings. The number of benzene rings is 2. The first-order valence-electron chi connectivity index (χ1n) is 8.52. The minimum absolute atomic E-state index is 0.144. The van der Waals surface area contributed by atoms with Crippen LogP contribution in [0.15, 0.2) is 65.2 Å². The van der Waals surface area contributed by atoms with E-state index in [2.05, 4.69) is 10.1 Å². The lowest BCUT2D eigenvalue weighted by Gasteiger charge is -2.35. The van der Waals surface area contributed by atoms with Crippen LogP contribution in [0.2, 0.25) is 0 Å². The summed E-state index contributed by atoms with van der Waals surface area (Å²) < 4.78 is 18.7. The summed E-state index contributed by atoms with van der Waals surface area (Å²) >= 11 is 0. The van der Waals surface area contributed by atoms with Crippen LogP contribution < -0.4 is 4.90 Å². The van der Waals surface area contributed by atoms with E-state index in [1.807, 2.05) is 36.4 Å². The Labute approximate surface area is 150 Å². The highest BCUT2D eigenvalue weighted by atomic mass is 19.1. The van der Waals surface area contributed by atoms with Gasteiger partial charge in [-0.25, -0.2) is 4.39 Å². The maximum Gasteiger partial charge on any atom is 0.276 e. The van der Waals surface area contributed by atoms with Gasteiger partial charge in [-0.2, -0.15) is 0 Å². The van der Waals surface area contributed by atoms with Crippen molar-refractivity contribution in [2.24, 2.45) is 0 Å². The van der Waals surface area contributed by atoms with Crippen LogP contribution in [0.4, 0.5) is 10.1 Å². The molecule has 6 heteroatoms. The van der Waals surface area contributed by atoms with Crippen molar-refractivity contribution in [2.45, 2.75) is 0 Å². The van der Waals surface area contributed by atoms with E-state index in [4.69, 9.17) is 4.52 Å². The van der Waals surface area contributed by atoms with E-state index in [1.54, 1.807) is 17.0 Å². The van der Waals surface area contributed by atoms with Crippen LogP contribution in [0, 0.1) is 5.82 Å². The van der Waals surface area contributed by atoms with Gasteiger partial charge >= 0.3 is 0 Å². The summed E-state index contributed by atoms with van der Waals surface area (Å²) in [5.41, 5.74) is 2.03. The van der Waals surface area contributed by atoms with E-state index >= 15 is 0 Å². The molecule has 4 rings (SSSR count). The second-order valence-electron chi connectivity index (χ2n) is 6.20. The molecule has 0 atom stereocenters. The summed E-state index contributed by atoms with van der Waals surface area (Å²) in [6.07, 6.45) is 0. The Morgan fingerprint density at radius 1 is 0.962 bits per heavy atom. The zero-order chi connectivity index (χ0) is 17.9. The topological polar surface area (TPSA) is 49.6 Å². The normalized spacial score (nSPS) is 14.5. The molecule has 0 saturated carbocycles. The van der Waals surface area contributed by atoms with E-state index in [0.29, 0.717) is 37.6 Å². The molecule has 1 aliphatic rings.